The van der Waals surface area contributed by atoms with E-state index in [1.54, 1.807) is 0 Å². The molecular formula is C18H36N2. The van der Waals surface area contributed by atoms with Crippen molar-refractivity contribution in [1.29, 1.82) is 0 Å². The van der Waals surface area contributed by atoms with Gasteiger partial charge in [-0.05, 0) is 36.5 Å². The first kappa shape index (κ1) is 16.3. The molecule has 1 N–H and O–H groups in total. The van der Waals surface area contributed by atoms with Crippen LogP contribution >= 0.6 is 0 Å². The van der Waals surface area contributed by atoms with Crippen LogP contribution in [0.2, 0.25) is 0 Å². The number of hydrogen-bond acceptors (Lipinski definition) is 2. The van der Waals surface area contributed by atoms with Crippen LogP contribution in [-0.4, -0.2) is 36.1 Å². The third kappa shape index (κ3) is 3.76. The highest BCUT2D eigenvalue weighted by Gasteiger charge is 2.39. The molecule has 118 valence electrons. The van der Waals surface area contributed by atoms with Crippen molar-refractivity contribution in [3.8, 4) is 0 Å². The molecule has 1 saturated heterocycles. The van der Waals surface area contributed by atoms with Crippen molar-refractivity contribution in [3.05, 3.63) is 0 Å². The average molecular weight is 280 g/mol. The summed E-state index contributed by atoms with van der Waals surface area (Å²) in [5.41, 5.74) is 0.907. The van der Waals surface area contributed by atoms with Crippen molar-refractivity contribution in [3.63, 3.8) is 0 Å². The molecular weight excluding hydrogens is 244 g/mol. The minimum Gasteiger partial charge on any atom is -0.311 e. The summed E-state index contributed by atoms with van der Waals surface area (Å²) in [6.07, 6.45) is 6.91. The molecule has 2 aliphatic rings. The molecule has 0 bridgehead atoms. The molecule has 2 fully saturated rings. The lowest BCUT2D eigenvalue weighted by molar-refractivity contribution is 0.0111. The Bertz CT molecular complexity index is 313. The Balaban J connectivity index is 2.09. The van der Waals surface area contributed by atoms with Gasteiger partial charge in [-0.3, -0.25) is 4.90 Å². The number of piperazine rings is 1. The maximum Gasteiger partial charge on any atom is 0.0244 e. The summed E-state index contributed by atoms with van der Waals surface area (Å²) in [4.78, 5) is 2.87. The van der Waals surface area contributed by atoms with Crippen molar-refractivity contribution in [2.75, 3.05) is 13.1 Å². The lowest BCUT2D eigenvalue weighted by Crippen LogP contribution is -2.63. The lowest BCUT2D eigenvalue weighted by atomic mass is 9.73. The van der Waals surface area contributed by atoms with E-state index in [2.05, 4.69) is 51.8 Å². The molecule has 0 aromatic carbocycles. The fraction of sp³-hybridized carbons (Fsp3) is 1.00. The molecule has 2 nitrogen and oxygen atoms in total. The third-order valence-electron chi connectivity index (χ3n) is 5.63. The van der Waals surface area contributed by atoms with Crippen molar-refractivity contribution in [1.82, 2.24) is 10.2 Å². The van der Waals surface area contributed by atoms with E-state index >= 15 is 0 Å². The Labute approximate surface area is 126 Å². The van der Waals surface area contributed by atoms with Crippen LogP contribution in [0.25, 0.3) is 0 Å². The fourth-order valence-electron chi connectivity index (χ4n) is 4.17. The van der Waals surface area contributed by atoms with E-state index in [4.69, 9.17) is 0 Å². The van der Waals surface area contributed by atoms with Gasteiger partial charge in [0, 0.05) is 31.2 Å². The lowest BCUT2D eigenvalue weighted by Gasteiger charge is -2.51. The standard InChI is InChI=1S/C18H36N2/c1-7-14-12-19-16(17(2,3)4)13-20(14)15-9-8-10-18(5,6)11-15/h14-16,19H,7-13H2,1-6H3. The van der Waals surface area contributed by atoms with Gasteiger partial charge in [0.1, 0.15) is 0 Å². The molecule has 1 aliphatic heterocycles. The molecule has 0 aromatic heterocycles. The summed E-state index contributed by atoms with van der Waals surface area (Å²) in [6.45, 7) is 16.8. The average Bonchev–Trinajstić information content (AvgIpc) is 2.35. The van der Waals surface area contributed by atoms with Crippen LogP contribution in [0.1, 0.15) is 73.6 Å². The Morgan fingerprint density at radius 1 is 1.25 bits per heavy atom. The Hall–Kier alpha value is -0.0800. The van der Waals surface area contributed by atoms with Gasteiger partial charge >= 0.3 is 0 Å². The molecule has 0 radical (unpaired) electrons. The van der Waals surface area contributed by atoms with E-state index in [-0.39, 0.29) is 0 Å². The predicted octanol–water partition coefficient (Wildman–Crippen LogP) is 4.05. The summed E-state index contributed by atoms with van der Waals surface area (Å²) in [6, 6.07) is 2.19. The Kier molecular flexibility index (Phi) is 4.86. The molecule has 1 aliphatic carbocycles. The van der Waals surface area contributed by atoms with Gasteiger partial charge < -0.3 is 5.32 Å². The SMILES string of the molecule is CCC1CNC(C(C)(C)C)CN1C1CCCC(C)(C)C1. The highest BCUT2D eigenvalue weighted by Crippen LogP contribution is 2.39. The summed E-state index contributed by atoms with van der Waals surface area (Å²) in [7, 11) is 0. The Morgan fingerprint density at radius 3 is 2.50 bits per heavy atom. The maximum absolute atomic E-state index is 3.81. The third-order valence-corrected chi connectivity index (χ3v) is 5.63. The number of nitrogens with one attached hydrogen (secondary N) is 1. The van der Waals surface area contributed by atoms with Gasteiger partial charge in [0.2, 0.25) is 0 Å². The van der Waals surface area contributed by atoms with Crippen LogP contribution in [0.4, 0.5) is 0 Å². The number of rotatable bonds is 2. The van der Waals surface area contributed by atoms with Crippen LogP contribution in [0.15, 0.2) is 0 Å². The normalized spacial score (nSPS) is 36.0. The first-order chi connectivity index (χ1) is 9.23. The molecule has 3 atom stereocenters. The molecule has 2 rings (SSSR count). The summed E-state index contributed by atoms with van der Waals surface area (Å²) < 4.78 is 0. The molecule has 0 spiro atoms. The second-order valence-corrected chi connectivity index (χ2v) is 9.00. The zero-order valence-corrected chi connectivity index (χ0v) is 14.6. The molecule has 3 unspecified atom stereocenters. The smallest absolute Gasteiger partial charge is 0.0244 e. The summed E-state index contributed by atoms with van der Waals surface area (Å²) in [5, 5.41) is 3.81. The van der Waals surface area contributed by atoms with Crippen LogP contribution in [-0.2, 0) is 0 Å². The molecule has 20 heavy (non-hydrogen) atoms. The van der Waals surface area contributed by atoms with Gasteiger partial charge in [-0.2, -0.15) is 0 Å². The maximum atomic E-state index is 3.81. The second kappa shape index (κ2) is 5.96. The molecule has 0 amide bonds. The van der Waals surface area contributed by atoms with Gasteiger partial charge in [-0.15, -0.1) is 0 Å². The van der Waals surface area contributed by atoms with Gasteiger partial charge in [0.25, 0.3) is 0 Å². The summed E-state index contributed by atoms with van der Waals surface area (Å²) >= 11 is 0. The molecule has 0 aromatic rings. The predicted molar refractivity (Wildman–Crippen MR) is 88.1 cm³/mol. The zero-order valence-electron chi connectivity index (χ0n) is 14.6. The van der Waals surface area contributed by atoms with Crippen molar-refractivity contribution in [2.45, 2.75) is 91.8 Å². The van der Waals surface area contributed by atoms with E-state index < -0.39 is 0 Å². The van der Waals surface area contributed by atoms with Crippen LogP contribution in [0, 0.1) is 10.8 Å². The number of hydrogen-bond donors (Lipinski definition) is 1. The van der Waals surface area contributed by atoms with E-state index in [0.717, 1.165) is 12.1 Å². The van der Waals surface area contributed by atoms with Gasteiger partial charge in [0.15, 0.2) is 0 Å². The minimum atomic E-state index is 0.362. The van der Waals surface area contributed by atoms with Gasteiger partial charge in [-0.1, -0.05) is 48.0 Å². The van der Waals surface area contributed by atoms with Crippen molar-refractivity contribution >= 4 is 0 Å². The van der Waals surface area contributed by atoms with Crippen molar-refractivity contribution < 1.29 is 0 Å². The van der Waals surface area contributed by atoms with E-state index in [1.807, 2.05) is 0 Å². The molecule has 2 heteroatoms. The van der Waals surface area contributed by atoms with Gasteiger partial charge in [-0.25, -0.2) is 0 Å². The highest BCUT2D eigenvalue weighted by atomic mass is 15.3. The van der Waals surface area contributed by atoms with Gasteiger partial charge in [0.05, 0.1) is 0 Å². The monoisotopic (exact) mass is 280 g/mol. The number of nitrogens with zero attached hydrogens (tertiary/aromatic N) is 1. The van der Waals surface area contributed by atoms with Crippen molar-refractivity contribution in [2.24, 2.45) is 10.8 Å². The largest absolute Gasteiger partial charge is 0.311 e. The fourth-order valence-corrected chi connectivity index (χ4v) is 4.17. The second-order valence-electron chi connectivity index (χ2n) is 9.00. The van der Waals surface area contributed by atoms with Crippen LogP contribution in [0.5, 0.6) is 0 Å². The van der Waals surface area contributed by atoms with Crippen LogP contribution in [0.3, 0.4) is 0 Å². The first-order valence-corrected chi connectivity index (χ1v) is 8.72. The topological polar surface area (TPSA) is 15.3 Å². The zero-order chi connectivity index (χ0) is 15.0. The van der Waals surface area contributed by atoms with E-state index in [0.29, 0.717) is 16.9 Å². The minimum absolute atomic E-state index is 0.362. The first-order valence-electron chi connectivity index (χ1n) is 8.72. The van der Waals surface area contributed by atoms with E-state index in [1.165, 1.54) is 45.2 Å². The van der Waals surface area contributed by atoms with Crippen LogP contribution < -0.4 is 5.32 Å². The Morgan fingerprint density at radius 2 is 1.95 bits per heavy atom. The molecule has 1 heterocycles. The summed E-state index contributed by atoms with van der Waals surface area (Å²) in [5.74, 6) is 0. The van der Waals surface area contributed by atoms with E-state index in [9.17, 15) is 0 Å². The molecule has 1 saturated carbocycles. The highest BCUT2D eigenvalue weighted by molar-refractivity contribution is 4.96. The quantitative estimate of drug-likeness (QED) is 0.821.